The second-order valence-corrected chi connectivity index (χ2v) is 5.59. The number of aromatic nitrogens is 5. The summed E-state index contributed by atoms with van der Waals surface area (Å²) in [4.78, 5) is 8.57. The molecule has 2 aromatic heterocycles. The van der Waals surface area contributed by atoms with Crippen LogP contribution in [0, 0.1) is 11.8 Å². The van der Waals surface area contributed by atoms with Gasteiger partial charge in [-0.25, -0.2) is 9.97 Å². The van der Waals surface area contributed by atoms with Crippen LogP contribution in [0.25, 0.3) is 10.9 Å². The Morgan fingerprint density at radius 3 is 3.00 bits per heavy atom. The Morgan fingerprint density at radius 2 is 2.15 bits per heavy atom. The highest BCUT2D eigenvalue weighted by molar-refractivity contribution is 5.89. The average Bonchev–Trinajstić information content (AvgIpc) is 3.14. The molecule has 3 N–H and O–H groups in total. The van der Waals surface area contributed by atoms with Gasteiger partial charge in [-0.1, -0.05) is 17.1 Å². The van der Waals surface area contributed by atoms with Gasteiger partial charge in [0.25, 0.3) is 0 Å². The van der Waals surface area contributed by atoms with Gasteiger partial charge >= 0.3 is 0 Å². The van der Waals surface area contributed by atoms with Gasteiger partial charge in [0.1, 0.15) is 24.4 Å². The lowest BCUT2D eigenvalue weighted by Crippen LogP contribution is -2.12. The highest BCUT2D eigenvalue weighted by atomic mass is 16.5. The van der Waals surface area contributed by atoms with Crippen LogP contribution < -0.4 is 5.32 Å². The molecular weight excluding hydrogens is 348 g/mol. The van der Waals surface area contributed by atoms with E-state index in [-0.39, 0.29) is 19.8 Å². The molecule has 3 aromatic rings. The number of rotatable bonds is 8. The Balaban J connectivity index is 1.63. The molecule has 0 bridgehead atoms. The van der Waals surface area contributed by atoms with Crippen LogP contribution in [0.1, 0.15) is 11.3 Å². The number of aliphatic hydroxyl groups excluding tert-OH is 2. The van der Waals surface area contributed by atoms with Crippen molar-refractivity contribution in [2.24, 2.45) is 0 Å². The lowest BCUT2D eigenvalue weighted by atomic mass is 10.1. The first-order chi connectivity index (χ1) is 13.3. The summed E-state index contributed by atoms with van der Waals surface area (Å²) in [5.74, 6) is 6.23. The fraction of sp³-hybridized carbons (Fsp3) is 0.333. The number of hydrogen-bond acceptors (Lipinski definition) is 8. The summed E-state index contributed by atoms with van der Waals surface area (Å²) in [5, 5.41) is 29.8. The van der Waals surface area contributed by atoms with Crippen LogP contribution >= 0.6 is 0 Å². The number of ether oxygens (including phenoxy) is 1. The van der Waals surface area contributed by atoms with Crippen molar-refractivity contribution in [3.8, 4) is 11.8 Å². The molecule has 27 heavy (non-hydrogen) atoms. The normalized spacial score (nSPS) is 10.6. The van der Waals surface area contributed by atoms with Crippen LogP contribution in [0.2, 0.25) is 0 Å². The Bertz CT molecular complexity index is 947. The van der Waals surface area contributed by atoms with Gasteiger partial charge in [-0.15, -0.1) is 5.10 Å². The Morgan fingerprint density at radius 1 is 1.22 bits per heavy atom. The number of hydrogen-bond donors (Lipinski definition) is 3. The van der Waals surface area contributed by atoms with Gasteiger partial charge in [-0.05, 0) is 18.2 Å². The molecule has 1 aromatic carbocycles. The quantitative estimate of drug-likeness (QED) is 0.381. The van der Waals surface area contributed by atoms with Crippen molar-refractivity contribution in [1.82, 2.24) is 25.0 Å². The SMILES string of the molecule is OCC#Cc1ccc2ncnc(NCCn3cc(COCCO)nn3)c2c1. The van der Waals surface area contributed by atoms with Crippen molar-refractivity contribution in [2.75, 3.05) is 31.7 Å². The standard InChI is InChI=1S/C18H20N6O3/c25-7-1-2-14-3-4-17-16(10-14)18(21-13-20-17)19-5-6-24-11-15(22-23-24)12-27-9-8-26/h3-4,10-11,13,25-26H,5-9,12H2,(H,19,20,21). The molecule has 0 aliphatic heterocycles. The maximum Gasteiger partial charge on any atom is 0.137 e. The molecule has 9 heteroatoms. The first kappa shape index (κ1) is 18.7. The molecule has 0 aliphatic rings. The molecule has 3 rings (SSSR count). The number of fused-ring (bicyclic) bond motifs is 1. The third-order valence-corrected chi connectivity index (χ3v) is 3.65. The number of anilines is 1. The number of benzene rings is 1. The largest absolute Gasteiger partial charge is 0.394 e. The molecule has 0 unspecified atom stereocenters. The van der Waals surface area contributed by atoms with Crippen molar-refractivity contribution < 1.29 is 14.9 Å². The summed E-state index contributed by atoms with van der Waals surface area (Å²) < 4.78 is 6.93. The topological polar surface area (TPSA) is 118 Å². The minimum absolute atomic E-state index is 0.0156. The van der Waals surface area contributed by atoms with Gasteiger partial charge in [-0.3, -0.25) is 4.68 Å². The third kappa shape index (κ3) is 5.21. The summed E-state index contributed by atoms with van der Waals surface area (Å²) in [7, 11) is 0. The number of nitrogens with zero attached hydrogens (tertiary/aromatic N) is 5. The molecule has 0 radical (unpaired) electrons. The maximum absolute atomic E-state index is 8.84. The van der Waals surface area contributed by atoms with E-state index < -0.39 is 0 Å². The molecule has 0 amide bonds. The lowest BCUT2D eigenvalue weighted by Gasteiger charge is -2.08. The maximum atomic E-state index is 8.84. The predicted molar refractivity (Wildman–Crippen MR) is 98.8 cm³/mol. The second kappa shape index (κ2) is 9.59. The number of aliphatic hydroxyl groups is 2. The van der Waals surface area contributed by atoms with Crippen molar-refractivity contribution in [2.45, 2.75) is 13.2 Å². The Hall–Kier alpha value is -3.06. The summed E-state index contributed by atoms with van der Waals surface area (Å²) >= 11 is 0. The Labute approximate surface area is 156 Å². The van der Waals surface area contributed by atoms with Crippen LogP contribution in [0.3, 0.4) is 0 Å². The van der Waals surface area contributed by atoms with Crippen molar-refractivity contribution >= 4 is 16.7 Å². The lowest BCUT2D eigenvalue weighted by molar-refractivity contribution is 0.0796. The molecule has 0 fully saturated rings. The van der Waals surface area contributed by atoms with E-state index in [2.05, 4.69) is 37.4 Å². The van der Waals surface area contributed by atoms with Gasteiger partial charge in [0, 0.05) is 17.5 Å². The first-order valence-electron chi connectivity index (χ1n) is 8.46. The summed E-state index contributed by atoms with van der Waals surface area (Å²) in [6.07, 6.45) is 3.32. The summed E-state index contributed by atoms with van der Waals surface area (Å²) in [6.45, 7) is 1.60. The average molecular weight is 368 g/mol. The van der Waals surface area contributed by atoms with Crippen molar-refractivity contribution in [1.29, 1.82) is 0 Å². The molecule has 0 aliphatic carbocycles. The van der Waals surface area contributed by atoms with E-state index in [1.165, 1.54) is 6.33 Å². The van der Waals surface area contributed by atoms with Crippen LogP contribution in [0.5, 0.6) is 0 Å². The van der Waals surface area contributed by atoms with E-state index >= 15 is 0 Å². The van der Waals surface area contributed by atoms with E-state index in [1.54, 1.807) is 10.9 Å². The molecule has 0 saturated heterocycles. The minimum Gasteiger partial charge on any atom is -0.394 e. The van der Waals surface area contributed by atoms with Crippen molar-refractivity contribution in [3.63, 3.8) is 0 Å². The zero-order valence-electron chi connectivity index (χ0n) is 14.7. The summed E-state index contributed by atoms with van der Waals surface area (Å²) in [6, 6.07) is 5.63. The van der Waals surface area contributed by atoms with E-state index in [4.69, 9.17) is 14.9 Å². The van der Waals surface area contributed by atoms with E-state index in [0.29, 0.717) is 31.2 Å². The van der Waals surface area contributed by atoms with Gasteiger partial charge < -0.3 is 20.3 Å². The van der Waals surface area contributed by atoms with E-state index in [0.717, 1.165) is 16.5 Å². The molecule has 140 valence electrons. The monoisotopic (exact) mass is 368 g/mol. The van der Waals surface area contributed by atoms with Crippen LogP contribution in [0.4, 0.5) is 5.82 Å². The van der Waals surface area contributed by atoms with Gasteiger partial charge in [0.2, 0.25) is 0 Å². The van der Waals surface area contributed by atoms with Crippen LogP contribution in [0.15, 0.2) is 30.7 Å². The summed E-state index contributed by atoms with van der Waals surface area (Å²) in [5.41, 5.74) is 2.31. The number of nitrogens with one attached hydrogen (secondary N) is 1. The highest BCUT2D eigenvalue weighted by Gasteiger charge is 2.05. The molecule has 0 saturated carbocycles. The molecular formula is C18H20N6O3. The molecule has 2 heterocycles. The van der Waals surface area contributed by atoms with Crippen molar-refractivity contribution in [3.05, 3.63) is 42.0 Å². The zero-order valence-corrected chi connectivity index (χ0v) is 14.7. The molecule has 0 atom stereocenters. The van der Waals surface area contributed by atoms with E-state index in [1.807, 2.05) is 18.2 Å². The Kier molecular flexibility index (Phi) is 6.65. The first-order valence-corrected chi connectivity index (χ1v) is 8.46. The van der Waals surface area contributed by atoms with Gasteiger partial charge in [0.15, 0.2) is 0 Å². The van der Waals surface area contributed by atoms with Gasteiger partial charge in [0.05, 0.1) is 38.1 Å². The minimum atomic E-state index is -0.181. The van der Waals surface area contributed by atoms with Crippen LogP contribution in [-0.4, -0.2) is 61.5 Å². The fourth-order valence-corrected chi connectivity index (χ4v) is 2.46. The zero-order chi connectivity index (χ0) is 18.9. The third-order valence-electron chi connectivity index (χ3n) is 3.65. The smallest absolute Gasteiger partial charge is 0.137 e. The van der Waals surface area contributed by atoms with Gasteiger partial charge in [-0.2, -0.15) is 0 Å². The molecule has 0 spiro atoms. The predicted octanol–water partition coefficient (Wildman–Crippen LogP) is 0.186. The second-order valence-electron chi connectivity index (χ2n) is 5.59. The highest BCUT2D eigenvalue weighted by Crippen LogP contribution is 2.20. The van der Waals surface area contributed by atoms with Crippen LogP contribution in [-0.2, 0) is 17.9 Å². The molecule has 9 nitrogen and oxygen atoms in total. The van der Waals surface area contributed by atoms with E-state index in [9.17, 15) is 0 Å². The fourth-order valence-electron chi connectivity index (χ4n) is 2.46.